The first kappa shape index (κ1) is 23.2. The molecule has 2 heterocycles. The predicted octanol–water partition coefficient (Wildman–Crippen LogP) is 8.17. The molecular weight excluding hydrogens is 424 g/mol. The van der Waals surface area contributed by atoms with E-state index in [-0.39, 0.29) is 0 Å². The van der Waals surface area contributed by atoms with Crippen molar-refractivity contribution in [1.29, 1.82) is 0 Å². The van der Waals surface area contributed by atoms with Gasteiger partial charge in [-0.1, -0.05) is 36.5 Å². The van der Waals surface area contributed by atoms with E-state index in [4.69, 9.17) is 0 Å². The van der Waals surface area contributed by atoms with Crippen LogP contribution in [-0.4, -0.2) is 22.6 Å². The highest BCUT2D eigenvalue weighted by atomic mass is 15.2. The van der Waals surface area contributed by atoms with Crippen molar-refractivity contribution in [3.63, 3.8) is 0 Å². The largest absolute Gasteiger partial charge is 0.370 e. The van der Waals surface area contributed by atoms with Crippen LogP contribution in [0.3, 0.4) is 0 Å². The lowest BCUT2D eigenvalue weighted by Crippen LogP contribution is -2.32. The molecule has 5 aliphatic rings. The molecule has 0 radical (unpaired) electrons. The average Bonchev–Trinajstić information content (AvgIpc) is 3.38. The molecule has 4 aliphatic carbocycles. The van der Waals surface area contributed by atoms with Crippen molar-refractivity contribution >= 4 is 5.57 Å². The number of nitrogens with zero attached hydrogens (tertiary/aromatic N) is 2. The second-order valence-corrected chi connectivity index (χ2v) is 11.6. The fraction of sp³-hybridized carbons (Fsp3) is 0.576. The molecular formula is C33H44N2. The highest BCUT2D eigenvalue weighted by Gasteiger charge is 2.43. The van der Waals surface area contributed by atoms with Gasteiger partial charge in [-0.25, -0.2) is 0 Å². The van der Waals surface area contributed by atoms with Crippen LogP contribution < -0.4 is 0 Å². The molecule has 35 heavy (non-hydrogen) atoms. The molecule has 6 rings (SSSR count). The Morgan fingerprint density at radius 3 is 2.46 bits per heavy atom. The van der Waals surface area contributed by atoms with Crippen LogP contribution in [0.5, 0.6) is 0 Å². The molecule has 0 bridgehead atoms. The zero-order valence-corrected chi connectivity index (χ0v) is 22.3. The number of aromatic nitrogens is 1. The van der Waals surface area contributed by atoms with Gasteiger partial charge in [0.2, 0.25) is 0 Å². The van der Waals surface area contributed by atoms with Crippen molar-refractivity contribution < 1.29 is 0 Å². The molecule has 2 heteroatoms. The van der Waals surface area contributed by atoms with Gasteiger partial charge in [0.05, 0.1) is 0 Å². The molecule has 0 spiro atoms. The smallest absolute Gasteiger partial charge is 0.0438 e. The first-order valence-electron chi connectivity index (χ1n) is 14.5. The molecule has 1 aromatic rings. The third kappa shape index (κ3) is 3.83. The van der Waals surface area contributed by atoms with Crippen LogP contribution in [0.2, 0.25) is 0 Å². The van der Waals surface area contributed by atoms with Crippen molar-refractivity contribution in [2.24, 2.45) is 13.0 Å². The van der Waals surface area contributed by atoms with E-state index in [2.05, 4.69) is 66.9 Å². The number of hydrogen-bond acceptors (Lipinski definition) is 1. The predicted molar refractivity (Wildman–Crippen MR) is 148 cm³/mol. The second kappa shape index (κ2) is 9.68. The van der Waals surface area contributed by atoms with Crippen molar-refractivity contribution in [1.82, 2.24) is 9.47 Å². The van der Waals surface area contributed by atoms with Crippen LogP contribution in [0.15, 0.2) is 53.3 Å². The Morgan fingerprint density at radius 2 is 1.69 bits per heavy atom. The van der Waals surface area contributed by atoms with Gasteiger partial charge in [-0.2, -0.15) is 0 Å². The monoisotopic (exact) mass is 468 g/mol. The summed E-state index contributed by atoms with van der Waals surface area (Å²) >= 11 is 0. The van der Waals surface area contributed by atoms with Gasteiger partial charge in [0, 0.05) is 54.6 Å². The fourth-order valence-electron chi connectivity index (χ4n) is 8.10. The summed E-state index contributed by atoms with van der Waals surface area (Å²) in [7, 11) is 4.79. The number of hydrogen-bond donors (Lipinski definition) is 0. The highest BCUT2D eigenvalue weighted by molar-refractivity contribution is 5.86. The van der Waals surface area contributed by atoms with Gasteiger partial charge in [-0.15, -0.1) is 0 Å². The Hall–Kier alpha value is -2.22. The van der Waals surface area contributed by atoms with Crippen molar-refractivity contribution in [3.05, 3.63) is 75.8 Å². The van der Waals surface area contributed by atoms with Gasteiger partial charge in [0.15, 0.2) is 0 Å². The number of allylic oxidation sites excluding steroid dienone is 7. The summed E-state index contributed by atoms with van der Waals surface area (Å²) in [6.07, 6.45) is 31.3. The molecule has 3 unspecified atom stereocenters. The van der Waals surface area contributed by atoms with Crippen LogP contribution in [0.1, 0.15) is 106 Å². The van der Waals surface area contributed by atoms with E-state index in [9.17, 15) is 0 Å². The number of rotatable bonds is 4. The SMILES string of the molecule is C/C=C(/C1=C(C2=CCCCC2)N(C)C2CC=CCC12)c1c2c(n(C)c1C1CC=CCC1)CCCC2. The van der Waals surface area contributed by atoms with Crippen molar-refractivity contribution in [2.45, 2.75) is 102 Å². The van der Waals surface area contributed by atoms with Crippen molar-refractivity contribution in [3.8, 4) is 0 Å². The van der Waals surface area contributed by atoms with Crippen LogP contribution in [0, 0.1) is 5.92 Å². The molecule has 0 aromatic carbocycles. The molecule has 0 saturated heterocycles. The molecule has 1 aromatic heterocycles. The van der Waals surface area contributed by atoms with E-state index in [1.807, 2.05) is 0 Å². The first-order chi connectivity index (χ1) is 17.2. The summed E-state index contributed by atoms with van der Waals surface area (Å²) in [4.78, 5) is 2.70. The van der Waals surface area contributed by atoms with E-state index < -0.39 is 0 Å². The molecule has 0 N–H and O–H groups in total. The summed E-state index contributed by atoms with van der Waals surface area (Å²) in [5.41, 5.74) is 13.1. The Labute approximate surface area is 213 Å². The highest BCUT2D eigenvalue weighted by Crippen LogP contribution is 2.52. The van der Waals surface area contributed by atoms with E-state index in [0.717, 1.165) is 0 Å². The summed E-state index contributed by atoms with van der Waals surface area (Å²) < 4.78 is 2.66. The van der Waals surface area contributed by atoms with E-state index in [0.29, 0.717) is 17.9 Å². The Kier molecular flexibility index (Phi) is 6.41. The third-order valence-corrected chi connectivity index (χ3v) is 9.74. The van der Waals surface area contributed by atoms with Crippen molar-refractivity contribution in [2.75, 3.05) is 7.05 Å². The second-order valence-electron chi connectivity index (χ2n) is 11.6. The lowest BCUT2D eigenvalue weighted by molar-refractivity contribution is 0.277. The minimum Gasteiger partial charge on any atom is -0.370 e. The maximum absolute atomic E-state index is 2.70. The molecule has 2 nitrogen and oxygen atoms in total. The lowest BCUT2D eigenvalue weighted by Gasteiger charge is -2.31. The number of fused-ring (bicyclic) bond motifs is 2. The average molecular weight is 469 g/mol. The number of likely N-dealkylation sites (N-methyl/N-ethyl adjacent to an activating group) is 1. The maximum Gasteiger partial charge on any atom is 0.0438 e. The fourth-order valence-corrected chi connectivity index (χ4v) is 8.10. The molecule has 1 aliphatic heterocycles. The molecule has 186 valence electrons. The van der Waals surface area contributed by atoms with Crippen LogP contribution >= 0.6 is 0 Å². The topological polar surface area (TPSA) is 8.17 Å². The van der Waals surface area contributed by atoms with E-state index in [1.54, 1.807) is 44.9 Å². The Morgan fingerprint density at radius 1 is 0.886 bits per heavy atom. The zero-order chi connectivity index (χ0) is 23.9. The lowest BCUT2D eigenvalue weighted by atomic mass is 9.76. The summed E-state index contributed by atoms with van der Waals surface area (Å²) in [6, 6.07) is 0.614. The summed E-state index contributed by atoms with van der Waals surface area (Å²) in [5.74, 6) is 1.27. The third-order valence-electron chi connectivity index (χ3n) is 9.74. The van der Waals surface area contributed by atoms with Crippen LogP contribution in [0.25, 0.3) is 5.57 Å². The standard InChI is InChI=1S/C33H44N2/c1-4-25(30-26-19-11-13-21-28(26)34(2)32(30)23-15-7-5-8-16-23)31-27-20-12-14-22-29(27)35(3)33(31)24-17-9-6-10-18-24/h4-5,7,12,14,17,23,27,29H,6,8-11,13,15-16,18-22H2,1-3H3/b25-4+. The minimum absolute atomic E-state index is 0.614. The normalized spacial score (nSPS) is 28.9. The van der Waals surface area contributed by atoms with Gasteiger partial charge in [0.25, 0.3) is 0 Å². The van der Waals surface area contributed by atoms with Gasteiger partial charge in [-0.3, -0.25) is 0 Å². The van der Waals surface area contributed by atoms with Crippen LogP contribution in [0.4, 0.5) is 0 Å². The van der Waals surface area contributed by atoms with Gasteiger partial charge < -0.3 is 9.47 Å². The van der Waals surface area contributed by atoms with E-state index in [1.165, 1.54) is 83.5 Å². The van der Waals surface area contributed by atoms with Gasteiger partial charge in [0.1, 0.15) is 0 Å². The van der Waals surface area contributed by atoms with E-state index >= 15 is 0 Å². The maximum atomic E-state index is 2.70. The quantitative estimate of drug-likeness (QED) is 0.405. The van der Waals surface area contributed by atoms with Gasteiger partial charge >= 0.3 is 0 Å². The zero-order valence-electron chi connectivity index (χ0n) is 22.3. The van der Waals surface area contributed by atoms with Crippen LogP contribution in [-0.2, 0) is 19.9 Å². The molecule has 3 atom stereocenters. The Balaban J connectivity index is 1.57. The first-order valence-corrected chi connectivity index (χ1v) is 14.5. The molecule has 0 amide bonds. The van der Waals surface area contributed by atoms with Gasteiger partial charge in [-0.05, 0) is 113 Å². The molecule has 0 saturated carbocycles. The summed E-state index contributed by atoms with van der Waals surface area (Å²) in [5, 5.41) is 0. The Bertz CT molecular complexity index is 1130. The molecule has 0 fully saturated rings. The summed E-state index contributed by atoms with van der Waals surface area (Å²) in [6.45, 7) is 2.33. The minimum atomic E-state index is 0.614.